The third-order valence-electron chi connectivity index (χ3n) is 12.5. The molecule has 42 heavy (non-hydrogen) atoms. The van der Waals surface area contributed by atoms with E-state index in [1.807, 2.05) is 0 Å². The third-order valence-corrected chi connectivity index (χ3v) is 15.5. The van der Waals surface area contributed by atoms with Crippen LogP contribution in [0.15, 0.2) is 0 Å². The summed E-state index contributed by atoms with van der Waals surface area (Å²) < 4.78 is 22.0. The molecule has 10 atom stereocenters. The van der Waals surface area contributed by atoms with E-state index in [1.165, 1.54) is 64.2 Å². The van der Waals surface area contributed by atoms with E-state index in [9.17, 15) is 0 Å². The van der Waals surface area contributed by atoms with Crippen molar-refractivity contribution in [3.8, 4) is 0 Å². The highest BCUT2D eigenvalue weighted by atomic mass is 28.4. The van der Waals surface area contributed by atoms with Crippen molar-refractivity contribution in [2.24, 2.45) is 46.3 Å². The van der Waals surface area contributed by atoms with E-state index in [0.717, 1.165) is 41.9 Å². The second kappa shape index (κ2) is 12.3. The largest absolute Gasteiger partial charge is 0.415 e. The molecule has 4 rings (SSSR count). The van der Waals surface area contributed by atoms with Gasteiger partial charge in [-0.05, 0) is 145 Å². The highest BCUT2D eigenvalue weighted by molar-refractivity contribution is 6.70. The monoisotopic (exact) mass is 636 g/mol. The molecule has 4 saturated carbocycles. The van der Waals surface area contributed by atoms with Crippen LogP contribution in [0.2, 0.25) is 58.9 Å². The first-order valence-electron chi connectivity index (χ1n) is 18.2. The van der Waals surface area contributed by atoms with Crippen molar-refractivity contribution in [1.29, 1.82) is 0 Å². The summed E-state index contributed by atoms with van der Waals surface area (Å²) in [5.41, 5.74) is 0.426. The van der Waals surface area contributed by atoms with E-state index in [2.05, 4.69) is 93.5 Å². The Morgan fingerprint density at radius 2 is 1.36 bits per heavy atom. The fourth-order valence-corrected chi connectivity index (χ4v) is 15.0. The second-order valence-corrected chi connectivity index (χ2v) is 32.8. The van der Waals surface area contributed by atoms with Crippen LogP contribution in [0.4, 0.5) is 0 Å². The van der Waals surface area contributed by atoms with Crippen LogP contribution in [0, 0.1) is 46.3 Å². The van der Waals surface area contributed by atoms with Crippen molar-refractivity contribution in [3.05, 3.63) is 0 Å². The lowest BCUT2D eigenvalue weighted by Crippen LogP contribution is -2.73. The Labute approximate surface area is 265 Å². The minimum absolute atomic E-state index is 0.155. The van der Waals surface area contributed by atoms with Gasteiger partial charge in [-0.25, -0.2) is 0 Å². The normalized spacial score (nSPS) is 41.8. The first kappa shape index (κ1) is 35.4. The Bertz CT molecular complexity index is 919. The zero-order chi connectivity index (χ0) is 31.5. The van der Waals surface area contributed by atoms with E-state index in [4.69, 9.17) is 13.3 Å². The maximum atomic E-state index is 7.66. The summed E-state index contributed by atoms with van der Waals surface area (Å²) in [6.45, 7) is 34.4. The van der Waals surface area contributed by atoms with Gasteiger partial charge in [0.15, 0.2) is 25.0 Å². The highest BCUT2D eigenvalue weighted by Crippen LogP contribution is 2.70. The standard InChI is InChI=1S/C36H72O3Si3/c1-26(2)16-15-17-27(3)30-18-19-31-29-24-33(38-41(9,10)11)36(39-42(12,13)14)25-28(37-40(6,7)8)20-23-35(36,5)32(29)21-22-34(30,31)4/h26-33H,15-25H2,1-14H3/t27-,28+,29+,30-,31+,32+,33+,34-,35-,36+/m1/s1. The van der Waals surface area contributed by atoms with Crippen molar-refractivity contribution in [1.82, 2.24) is 0 Å². The average Bonchev–Trinajstić information content (AvgIpc) is 3.15. The first-order valence-corrected chi connectivity index (χ1v) is 28.4. The first-order chi connectivity index (χ1) is 19.1. The van der Waals surface area contributed by atoms with Gasteiger partial charge in [0.2, 0.25) is 0 Å². The molecule has 246 valence electrons. The van der Waals surface area contributed by atoms with E-state index in [0.29, 0.717) is 11.5 Å². The molecule has 0 aromatic heterocycles. The van der Waals surface area contributed by atoms with Gasteiger partial charge >= 0.3 is 0 Å². The Morgan fingerprint density at radius 3 is 1.93 bits per heavy atom. The maximum absolute atomic E-state index is 7.66. The SMILES string of the molecule is CC(C)CCC[C@@H](C)[C@H]1CC[C@H]2[C@@H]3C[C@H](O[Si](C)(C)C)[C@@]4(O[Si](C)(C)C)C[C@@H](O[Si](C)(C)C)CC[C@]4(C)[C@H]3CC[C@]12C. The molecule has 0 bridgehead atoms. The molecule has 0 saturated heterocycles. The molecule has 0 heterocycles. The zero-order valence-corrected chi connectivity index (χ0v) is 33.6. The fourth-order valence-electron chi connectivity index (χ4n) is 11.2. The van der Waals surface area contributed by atoms with E-state index < -0.39 is 25.0 Å². The Hall–Kier alpha value is 0.531. The Kier molecular flexibility index (Phi) is 10.3. The van der Waals surface area contributed by atoms with Gasteiger partial charge in [0.25, 0.3) is 0 Å². The van der Waals surface area contributed by atoms with Crippen LogP contribution in [0.1, 0.15) is 105 Å². The van der Waals surface area contributed by atoms with Gasteiger partial charge in [-0.2, -0.15) is 0 Å². The summed E-state index contributed by atoms with van der Waals surface area (Å²) >= 11 is 0. The molecular weight excluding hydrogens is 565 g/mol. The molecule has 0 unspecified atom stereocenters. The van der Waals surface area contributed by atoms with Crippen molar-refractivity contribution >= 4 is 25.0 Å². The van der Waals surface area contributed by atoms with Gasteiger partial charge < -0.3 is 13.3 Å². The predicted molar refractivity (Wildman–Crippen MR) is 189 cm³/mol. The summed E-state index contributed by atoms with van der Waals surface area (Å²) in [7, 11) is -5.33. The molecule has 4 aliphatic carbocycles. The number of hydrogen-bond acceptors (Lipinski definition) is 3. The second-order valence-electron chi connectivity index (χ2n) is 19.5. The van der Waals surface area contributed by atoms with Gasteiger partial charge in [-0.3, -0.25) is 0 Å². The minimum Gasteiger partial charge on any atom is -0.415 e. The van der Waals surface area contributed by atoms with E-state index in [1.54, 1.807) is 0 Å². The smallest absolute Gasteiger partial charge is 0.184 e. The van der Waals surface area contributed by atoms with Crippen LogP contribution < -0.4 is 0 Å². The van der Waals surface area contributed by atoms with Gasteiger partial charge in [0, 0.05) is 17.9 Å². The van der Waals surface area contributed by atoms with Crippen molar-refractivity contribution in [3.63, 3.8) is 0 Å². The summed E-state index contributed by atoms with van der Waals surface area (Å²) in [4.78, 5) is 0. The van der Waals surface area contributed by atoms with E-state index in [-0.39, 0.29) is 17.1 Å². The van der Waals surface area contributed by atoms with Crippen molar-refractivity contribution < 1.29 is 13.3 Å². The van der Waals surface area contributed by atoms with Crippen LogP contribution in [-0.2, 0) is 13.3 Å². The summed E-state index contributed by atoms with van der Waals surface area (Å²) in [6.07, 6.45) is 15.1. The molecule has 0 spiro atoms. The molecule has 4 aliphatic rings. The molecule has 0 aliphatic heterocycles. The molecule has 0 aromatic carbocycles. The maximum Gasteiger partial charge on any atom is 0.184 e. The Balaban J connectivity index is 1.71. The average molecular weight is 637 g/mol. The number of rotatable bonds is 11. The summed E-state index contributed by atoms with van der Waals surface area (Å²) in [5.74, 6) is 4.94. The lowest BCUT2D eigenvalue weighted by Gasteiger charge is -2.69. The lowest BCUT2D eigenvalue weighted by atomic mass is 9.42. The topological polar surface area (TPSA) is 27.7 Å². The molecule has 0 N–H and O–H groups in total. The summed E-state index contributed by atoms with van der Waals surface area (Å²) in [5, 5.41) is 0. The van der Waals surface area contributed by atoms with Crippen molar-refractivity contribution in [2.45, 2.75) is 182 Å². The van der Waals surface area contributed by atoms with Crippen LogP contribution in [0.5, 0.6) is 0 Å². The van der Waals surface area contributed by atoms with Gasteiger partial charge in [-0.15, -0.1) is 0 Å². The molecule has 0 amide bonds. The van der Waals surface area contributed by atoms with E-state index >= 15 is 0 Å². The zero-order valence-electron chi connectivity index (χ0n) is 30.6. The van der Waals surface area contributed by atoms with Gasteiger partial charge in [0.1, 0.15) is 0 Å². The molecule has 4 fully saturated rings. The van der Waals surface area contributed by atoms with Gasteiger partial charge in [0.05, 0.1) is 11.7 Å². The molecule has 6 heteroatoms. The van der Waals surface area contributed by atoms with Crippen LogP contribution in [0.3, 0.4) is 0 Å². The van der Waals surface area contributed by atoms with Gasteiger partial charge in [-0.1, -0.05) is 53.9 Å². The van der Waals surface area contributed by atoms with Crippen LogP contribution >= 0.6 is 0 Å². The predicted octanol–water partition coefficient (Wildman–Crippen LogP) is 11.1. The number of hydrogen-bond donors (Lipinski definition) is 0. The van der Waals surface area contributed by atoms with Crippen molar-refractivity contribution in [2.75, 3.05) is 0 Å². The fraction of sp³-hybridized carbons (Fsp3) is 1.00. The van der Waals surface area contributed by atoms with Crippen LogP contribution in [-0.4, -0.2) is 42.8 Å². The highest BCUT2D eigenvalue weighted by Gasteiger charge is 2.70. The van der Waals surface area contributed by atoms with Crippen LogP contribution in [0.25, 0.3) is 0 Å². The Morgan fingerprint density at radius 1 is 0.714 bits per heavy atom. The third kappa shape index (κ3) is 7.24. The minimum atomic E-state index is -1.87. The lowest BCUT2D eigenvalue weighted by molar-refractivity contribution is -0.251. The molecular formula is C36H72O3Si3. The molecule has 3 nitrogen and oxygen atoms in total. The quantitative estimate of drug-likeness (QED) is 0.211. The number of fused-ring (bicyclic) bond motifs is 5. The molecule has 0 aromatic rings. The molecule has 0 radical (unpaired) electrons. The summed E-state index contributed by atoms with van der Waals surface area (Å²) in [6, 6.07) is 0.